The molecule has 1 N–H and O–H groups in total. The molecule has 1 aliphatic rings. The van der Waals surface area contributed by atoms with E-state index in [1.165, 1.54) is 0 Å². The monoisotopic (exact) mass is 435 g/mol. The lowest BCUT2D eigenvalue weighted by Gasteiger charge is -2.38. The third-order valence-electron chi connectivity index (χ3n) is 5.47. The van der Waals surface area contributed by atoms with E-state index in [9.17, 15) is 4.79 Å². The van der Waals surface area contributed by atoms with Crippen LogP contribution >= 0.6 is 11.6 Å². The number of carbonyl (C=O) groups is 1. The van der Waals surface area contributed by atoms with E-state index in [1.807, 2.05) is 73.7 Å². The topological polar surface area (TPSA) is 44.8 Å². The summed E-state index contributed by atoms with van der Waals surface area (Å²) in [5, 5.41) is 3.53. The van der Waals surface area contributed by atoms with E-state index in [4.69, 9.17) is 16.3 Å². The van der Waals surface area contributed by atoms with Gasteiger partial charge in [0.15, 0.2) is 0 Å². The maximum atomic E-state index is 12.3. The van der Waals surface area contributed by atoms with Crippen LogP contribution in [0.3, 0.4) is 0 Å². The number of halogens is 1. The highest BCUT2D eigenvalue weighted by Gasteiger charge is 2.22. The zero-order chi connectivity index (χ0) is 21.6. The van der Waals surface area contributed by atoms with Crippen molar-refractivity contribution in [2.24, 2.45) is 0 Å². The first-order valence-electron chi connectivity index (χ1n) is 10.5. The molecule has 1 aliphatic heterocycles. The number of rotatable bonds is 5. The molecule has 4 rings (SSSR count). The highest BCUT2D eigenvalue weighted by molar-refractivity contribution is 6.30. The summed E-state index contributed by atoms with van der Waals surface area (Å²) in [6.07, 6.45) is -0.829. The fourth-order valence-corrected chi connectivity index (χ4v) is 4.08. The molecule has 1 atom stereocenters. The molecular weight excluding hydrogens is 410 g/mol. The maximum Gasteiger partial charge on any atom is 0.412 e. The zero-order valence-electron chi connectivity index (χ0n) is 17.5. The number of carbonyl (C=O) groups excluding carboxylic acids is 1. The smallest absolute Gasteiger partial charge is 0.412 e. The molecule has 5 nitrogen and oxygen atoms in total. The van der Waals surface area contributed by atoms with E-state index in [2.05, 4.69) is 27.2 Å². The first-order valence-corrected chi connectivity index (χ1v) is 10.8. The van der Waals surface area contributed by atoms with Crippen LogP contribution in [-0.2, 0) is 4.74 Å². The Morgan fingerprint density at radius 3 is 2.32 bits per heavy atom. The molecule has 1 unspecified atom stereocenters. The summed E-state index contributed by atoms with van der Waals surface area (Å²) in [4.78, 5) is 17.0. The van der Waals surface area contributed by atoms with E-state index in [0.717, 1.165) is 48.1 Å². The molecule has 0 aliphatic carbocycles. The highest BCUT2D eigenvalue weighted by atomic mass is 35.5. The minimum atomic E-state index is -0.459. The number of nitrogens with one attached hydrogen (secondary N) is 1. The molecule has 1 fully saturated rings. The van der Waals surface area contributed by atoms with Gasteiger partial charge in [0.05, 0.1) is 0 Å². The molecule has 0 aromatic heterocycles. The molecule has 0 bridgehead atoms. The third-order valence-corrected chi connectivity index (χ3v) is 5.71. The SMILES string of the molecule is CC(OC(=O)Nc1ccccc1)c1ccccc1N1CCN(c2cccc(Cl)c2)CC1. The van der Waals surface area contributed by atoms with Crippen LogP contribution in [0.25, 0.3) is 0 Å². The molecule has 3 aromatic carbocycles. The molecule has 6 heteroatoms. The van der Waals surface area contributed by atoms with Crippen LogP contribution < -0.4 is 15.1 Å². The first-order chi connectivity index (χ1) is 15.1. The van der Waals surface area contributed by atoms with Crippen molar-refractivity contribution >= 4 is 34.8 Å². The van der Waals surface area contributed by atoms with Crippen molar-refractivity contribution in [3.63, 3.8) is 0 Å². The van der Waals surface area contributed by atoms with Gasteiger partial charge in [-0.1, -0.05) is 54.1 Å². The Kier molecular flexibility index (Phi) is 6.63. The normalized spacial score (nSPS) is 14.8. The van der Waals surface area contributed by atoms with Crippen molar-refractivity contribution in [2.75, 3.05) is 41.3 Å². The van der Waals surface area contributed by atoms with Crippen LogP contribution in [0.1, 0.15) is 18.6 Å². The largest absolute Gasteiger partial charge is 0.441 e. The lowest BCUT2D eigenvalue weighted by molar-refractivity contribution is 0.121. The Labute approximate surface area is 188 Å². The van der Waals surface area contributed by atoms with Crippen molar-refractivity contribution in [2.45, 2.75) is 13.0 Å². The first kappa shape index (κ1) is 21.1. The molecular formula is C25H26ClN3O2. The quantitative estimate of drug-likeness (QED) is 0.535. The summed E-state index contributed by atoms with van der Waals surface area (Å²) >= 11 is 6.15. The average Bonchev–Trinajstić information content (AvgIpc) is 2.80. The van der Waals surface area contributed by atoms with Crippen LogP contribution in [0.5, 0.6) is 0 Å². The summed E-state index contributed by atoms with van der Waals surface area (Å²) < 4.78 is 5.67. The standard InChI is InChI=1S/C25H26ClN3O2/c1-19(31-25(30)27-21-9-3-2-4-10-21)23-12-5-6-13-24(23)29-16-14-28(15-17-29)22-11-7-8-20(26)18-22/h2-13,18-19H,14-17H2,1H3,(H,27,30). The highest BCUT2D eigenvalue weighted by Crippen LogP contribution is 2.30. The summed E-state index contributed by atoms with van der Waals surface area (Å²) in [5.41, 5.74) is 3.97. The van der Waals surface area contributed by atoms with Gasteiger partial charge in [0, 0.05) is 53.8 Å². The number of ether oxygens (including phenoxy) is 1. The Morgan fingerprint density at radius 2 is 1.58 bits per heavy atom. The van der Waals surface area contributed by atoms with Crippen LogP contribution in [0.2, 0.25) is 5.02 Å². The van der Waals surface area contributed by atoms with Crippen LogP contribution in [0.15, 0.2) is 78.9 Å². The van der Waals surface area contributed by atoms with Gasteiger partial charge in [-0.15, -0.1) is 0 Å². The summed E-state index contributed by atoms with van der Waals surface area (Å²) in [7, 11) is 0. The number of para-hydroxylation sites is 2. The molecule has 3 aromatic rings. The molecule has 0 saturated carbocycles. The van der Waals surface area contributed by atoms with Gasteiger partial charge in [0.2, 0.25) is 0 Å². The van der Waals surface area contributed by atoms with Crippen LogP contribution in [0, 0.1) is 0 Å². The van der Waals surface area contributed by atoms with Gasteiger partial charge in [0.25, 0.3) is 0 Å². The van der Waals surface area contributed by atoms with Crippen molar-refractivity contribution in [1.82, 2.24) is 0 Å². The maximum absolute atomic E-state index is 12.3. The van der Waals surface area contributed by atoms with Crippen molar-refractivity contribution < 1.29 is 9.53 Å². The van der Waals surface area contributed by atoms with Gasteiger partial charge in [-0.25, -0.2) is 4.79 Å². The van der Waals surface area contributed by atoms with E-state index in [1.54, 1.807) is 0 Å². The van der Waals surface area contributed by atoms with E-state index < -0.39 is 6.09 Å². The Bertz CT molecular complexity index is 1020. The Hall–Kier alpha value is -3.18. The predicted molar refractivity (Wildman–Crippen MR) is 127 cm³/mol. The second-order valence-electron chi connectivity index (χ2n) is 7.55. The summed E-state index contributed by atoms with van der Waals surface area (Å²) in [5.74, 6) is 0. The predicted octanol–water partition coefficient (Wildman–Crippen LogP) is 5.98. The number of hydrogen-bond donors (Lipinski definition) is 1. The number of hydrogen-bond acceptors (Lipinski definition) is 4. The molecule has 1 saturated heterocycles. The van der Waals surface area contributed by atoms with Gasteiger partial charge < -0.3 is 14.5 Å². The van der Waals surface area contributed by atoms with Crippen LogP contribution in [-0.4, -0.2) is 32.3 Å². The molecule has 0 spiro atoms. The molecule has 1 heterocycles. The Morgan fingerprint density at radius 1 is 0.903 bits per heavy atom. The van der Waals surface area contributed by atoms with E-state index in [0.29, 0.717) is 5.69 Å². The van der Waals surface area contributed by atoms with Gasteiger partial charge >= 0.3 is 6.09 Å². The number of nitrogens with zero attached hydrogens (tertiary/aromatic N) is 2. The van der Waals surface area contributed by atoms with Crippen molar-refractivity contribution in [1.29, 1.82) is 0 Å². The van der Waals surface area contributed by atoms with E-state index in [-0.39, 0.29) is 6.10 Å². The summed E-state index contributed by atoms with van der Waals surface area (Å²) in [6, 6.07) is 25.4. The molecule has 160 valence electrons. The minimum Gasteiger partial charge on any atom is -0.441 e. The number of piperazine rings is 1. The van der Waals surface area contributed by atoms with Gasteiger partial charge in [-0.3, -0.25) is 5.32 Å². The van der Waals surface area contributed by atoms with E-state index >= 15 is 0 Å². The molecule has 0 radical (unpaired) electrons. The van der Waals surface area contributed by atoms with Gasteiger partial charge in [-0.2, -0.15) is 0 Å². The fraction of sp³-hybridized carbons (Fsp3) is 0.240. The lowest BCUT2D eigenvalue weighted by Crippen LogP contribution is -2.46. The van der Waals surface area contributed by atoms with Crippen molar-refractivity contribution in [3.8, 4) is 0 Å². The second-order valence-corrected chi connectivity index (χ2v) is 7.99. The second kappa shape index (κ2) is 9.75. The molecule has 31 heavy (non-hydrogen) atoms. The fourth-order valence-electron chi connectivity index (χ4n) is 3.89. The minimum absolute atomic E-state index is 0.370. The van der Waals surface area contributed by atoms with Crippen LogP contribution in [0.4, 0.5) is 21.9 Å². The van der Waals surface area contributed by atoms with Crippen molar-refractivity contribution in [3.05, 3.63) is 89.4 Å². The van der Waals surface area contributed by atoms with Gasteiger partial charge in [0.1, 0.15) is 6.10 Å². The number of benzene rings is 3. The third kappa shape index (κ3) is 5.30. The molecule has 1 amide bonds. The summed E-state index contributed by atoms with van der Waals surface area (Å²) in [6.45, 7) is 5.47. The zero-order valence-corrected chi connectivity index (χ0v) is 18.3. The van der Waals surface area contributed by atoms with Gasteiger partial charge in [-0.05, 0) is 43.3 Å². The average molecular weight is 436 g/mol. The Balaban J connectivity index is 1.41. The lowest BCUT2D eigenvalue weighted by atomic mass is 10.1. The number of amides is 1. The number of anilines is 3.